The van der Waals surface area contributed by atoms with Gasteiger partial charge in [-0.2, -0.15) is 0 Å². The van der Waals surface area contributed by atoms with Gasteiger partial charge < -0.3 is 5.32 Å². The van der Waals surface area contributed by atoms with E-state index in [1.807, 2.05) is 6.92 Å². The van der Waals surface area contributed by atoms with E-state index in [0.717, 1.165) is 15.8 Å². The van der Waals surface area contributed by atoms with E-state index in [2.05, 4.69) is 21.2 Å². The Morgan fingerprint density at radius 3 is 2.65 bits per heavy atom. The highest BCUT2D eigenvalue weighted by Crippen LogP contribution is 2.25. The Balaban J connectivity index is 2.03. The Morgan fingerprint density at radius 2 is 1.95 bits per heavy atom. The molecule has 0 spiro atoms. The number of nitrogens with zero attached hydrogens (tertiary/aromatic N) is 1. The van der Waals surface area contributed by atoms with Crippen LogP contribution < -0.4 is 5.32 Å². The smallest absolute Gasteiger partial charge is 0.261 e. The van der Waals surface area contributed by atoms with E-state index in [1.165, 1.54) is 0 Å². The normalized spacial score (nSPS) is 13.6. The van der Waals surface area contributed by atoms with Gasteiger partial charge in [-0.15, -0.1) is 0 Å². The highest BCUT2D eigenvalue weighted by molar-refractivity contribution is 9.10. The van der Waals surface area contributed by atoms with E-state index in [-0.39, 0.29) is 30.7 Å². The van der Waals surface area contributed by atoms with Gasteiger partial charge in [0, 0.05) is 24.0 Å². The Kier molecular flexibility index (Phi) is 4.54. The summed E-state index contributed by atoms with van der Waals surface area (Å²) in [6.45, 7) is 2.68. The summed E-state index contributed by atoms with van der Waals surface area (Å²) >= 11 is 3.28. The molecule has 1 N–H and O–H groups in total. The van der Waals surface area contributed by atoms with E-state index in [9.17, 15) is 14.4 Å². The number of carbonyl (C=O) groups is 3. The molecular formula is C14H15BrN2O3. The lowest BCUT2D eigenvalue weighted by Gasteiger charge is -2.13. The molecule has 0 radical (unpaired) electrons. The van der Waals surface area contributed by atoms with Gasteiger partial charge in [-0.25, -0.2) is 0 Å². The van der Waals surface area contributed by atoms with Crippen molar-refractivity contribution in [3.8, 4) is 0 Å². The molecule has 0 bridgehead atoms. The van der Waals surface area contributed by atoms with Gasteiger partial charge in [-0.3, -0.25) is 19.3 Å². The number of benzene rings is 1. The van der Waals surface area contributed by atoms with Crippen molar-refractivity contribution in [1.82, 2.24) is 10.2 Å². The molecule has 6 heteroatoms. The Hall–Kier alpha value is -1.69. The molecule has 20 heavy (non-hydrogen) atoms. The van der Waals surface area contributed by atoms with Crippen LogP contribution in [0.1, 0.15) is 40.5 Å². The van der Waals surface area contributed by atoms with Crippen molar-refractivity contribution in [2.45, 2.75) is 19.8 Å². The van der Waals surface area contributed by atoms with Crippen LogP contribution in [0.25, 0.3) is 0 Å². The molecule has 0 saturated heterocycles. The molecule has 0 fully saturated rings. The first-order chi connectivity index (χ1) is 9.54. The highest BCUT2D eigenvalue weighted by Gasteiger charge is 2.35. The largest absolute Gasteiger partial charge is 0.356 e. The Morgan fingerprint density at radius 1 is 1.25 bits per heavy atom. The molecule has 1 aromatic carbocycles. The van der Waals surface area contributed by atoms with Crippen molar-refractivity contribution >= 4 is 33.7 Å². The molecule has 0 aliphatic carbocycles. The topological polar surface area (TPSA) is 66.5 Å². The number of nitrogens with one attached hydrogen (secondary N) is 1. The molecule has 106 valence electrons. The zero-order valence-electron chi connectivity index (χ0n) is 11.1. The molecule has 5 nitrogen and oxygen atoms in total. The molecule has 2 rings (SSSR count). The summed E-state index contributed by atoms with van der Waals surface area (Å²) in [4.78, 5) is 36.9. The molecule has 1 aliphatic rings. The van der Waals surface area contributed by atoms with Gasteiger partial charge in [0.25, 0.3) is 11.8 Å². The molecule has 0 unspecified atom stereocenters. The molecule has 3 amide bonds. The van der Waals surface area contributed by atoms with Gasteiger partial charge in [0.2, 0.25) is 5.91 Å². The molecular weight excluding hydrogens is 324 g/mol. The van der Waals surface area contributed by atoms with Crippen molar-refractivity contribution in [2.75, 3.05) is 13.1 Å². The van der Waals surface area contributed by atoms with Gasteiger partial charge in [-0.05, 0) is 24.6 Å². The fraction of sp³-hybridized carbons (Fsp3) is 0.357. The van der Waals surface area contributed by atoms with Crippen LogP contribution in [0.15, 0.2) is 22.7 Å². The van der Waals surface area contributed by atoms with E-state index in [4.69, 9.17) is 0 Å². The highest BCUT2D eigenvalue weighted by atomic mass is 79.9. The predicted molar refractivity (Wildman–Crippen MR) is 77.4 cm³/mol. The van der Waals surface area contributed by atoms with Crippen LogP contribution in [-0.4, -0.2) is 35.7 Å². The molecule has 0 aromatic heterocycles. The quantitative estimate of drug-likeness (QED) is 0.834. The second kappa shape index (κ2) is 6.17. The Labute approximate surface area is 125 Å². The van der Waals surface area contributed by atoms with Crippen molar-refractivity contribution < 1.29 is 14.4 Å². The first-order valence-electron chi connectivity index (χ1n) is 6.47. The monoisotopic (exact) mass is 338 g/mol. The molecule has 1 aliphatic heterocycles. The summed E-state index contributed by atoms with van der Waals surface area (Å²) in [5.74, 6) is -0.819. The third-order valence-corrected chi connectivity index (χ3v) is 3.56. The molecule has 0 atom stereocenters. The number of hydrogen-bond acceptors (Lipinski definition) is 3. The zero-order valence-corrected chi connectivity index (χ0v) is 12.7. The zero-order chi connectivity index (χ0) is 14.7. The third-order valence-electron chi connectivity index (χ3n) is 3.07. The van der Waals surface area contributed by atoms with Gasteiger partial charge >= 0.3 is 0 Å². The summed E-state index contributed by atoms with van der Waals surface area (Å²) in [5.41, 5.74) is 0.783. The van der Waals surface area contributed by atoms with E-state index < -0.39 is 0 Å². The minimum atomic E-state index is -0.338. The van der Waals surface area contributed by atoms with Crippen molar-refractivity contribution in [2.24, 2.45) is 0 Å². The standard InChI is InChI=1S/C14H15BrN2O3/c1-2-6-16-12(18)5-7-17-13(19)10-4-3-9(15)8-11(10)14(17)20/h3-4,8H,2,5-7H2,1H3,(H,16,18). The first kappa shape index (κ1) is 14.7. The minimum Gasteiger partial charge on any atom is -0.356 e. The number of imide groups is 1. The average Bonchev–Trinajstić information content (AvgIpc) is 2.66. The maximum Gasteiger partial charge on any atom is 0.261 e. The third kappa shape index (κ3) is 2.90. The number of carbonyl (C=O) groups excluding carboxylic acids is 3. The lowest BCUT2D eigenvalue weighted by atomic mass is 10.1. The Bertz CT molecular complexity index is 572. The van der Waals surface area contributed by atoms with Crippen LogP contribution in [0.5, 0.6) is 0 Å². The minimum absolute atomic E-state index is 0.111. The number of amides is 3. The van der Waals surface area contributed by atoms with E-state index in [0.29, 0.717) is 17.7 Å². The average molecular weight is 339 g/mol. The fourth-order valence-electron chi connectivity index (χ4n) is 2.03. The second-order valence-electron chi connectivity index (χ2n) is 4.55. The maximum absolute atomic E-state index is 12.1. The van der Waals surface area contributed by atoms with Crippen LogP contribution in [0, 0.1) is 0 Å². The van der Waals surface area contributed by atoms with Crippen molar-refractivity contribution in [3.63, 3.8) is 0 Å². The van der Waals surface area contributed by atoms with Crippen molar-refractivity contribution in [1.29, 1.82) is 0 Å². The first-order valence-corrected chi connectivity index (χ1v) is 7.26. The van der Waals surface area contributed by atoms with E-state index in [1.54, 1.807) is 18.2 Å². The van der Waals surface area contributed by atoms with Gasteiger partial charge in [0.15, 0.2) is 0 Å². The number of hydrogen-bond donors (Lipinski definition) is 1. The van der Waals surface area contributed by atoms with Crippen molar-refractivity contribution in [3.05, 3.63) is 33.8 Å². The number of rotatable bonds is 5. The van der Waals surface area contributed by atoms with Gasteiger partial charge in [0.1, 0.15) is 0 Å². The molecule has 1 heterocycles. The van der Waals surface area contributed by atoms with Crippen LogP contribution in [0.3, 0.4) is 0 Å². The summed E-state index contributed by atoms with van der Waals surface area (Å²) in [7, 11) is 0. The lowest BCUT2D eigenvalue weighted by Crippen LogP contribution is -2.34. The van der Waals surface area contributed by atoms with Gasteiger partial charge in [-0.1, -0.05) is 22.9 Å². The summed E-state index contributed by atoms with van der Waals surface area (Å²) in [5, 5.41) is 2.72. The summed E-state index contributed by atoms with van der Waals surface area (Å²) in [6.07, 6.45) is 0.986. The fourth-order valence-corrected chi connectivity index (χ4v) is 2.39. The van der Waals surface area contributed by atoms with Crippen LogP contribution in [0.2, 0.25) is 0 Å². The van der Waals surface area contributed by atoms with Gasteiger partial charge in [0.05, 0.1) is 11.1 Å². The lowest BCUT2D eigenvalue weighted by molar-refractivity contribution is -0.121. The predicted octanol–water partition coefficient (Wildman–Crippen LogP) is 1.96. The molecule has 1 aromatic rings. The maximum atomic E-state index is 12.1. The van der Waals surface area contributed by atoms with E-state index >= 15 is 0 Å². The SMILES string of the molecule is CCCNC(=O)CCN1C(=O)c2ccc(Br)cc2C1=O. The van der Waals surface area contributed by atoms with Crippen LogP contribution in [-0.2, 0) is 4.79 Å². The van der Waals surface area contributed by atoms with Crippen LogP contribution in [0.4, 0.5) is 0 Å². The summed E-state index contributed by atoms with van der Waals surface area (Å²) < 4.78 is 0.750. The second-order valence-corrected chi connectivity index (χ2v) is 5.47. The molecule has 0 saturated carbocycles. The number of halogens is 1. The van der Waals surface area contributed by atoms with Crippen LogP contribution >= 0.6 is 15.9 Å². The number of fused-ring (bicyclic) bond motifs is 1. The summed E-state index contributed by atoms with van der Waals surface area (Å²) in [6, 6.07) is 4.98.